The van der Waals surface area contributed by atoms with E-state index < -0.39 is 0 Å². The number of likely N-dealkylation sites (tertiary alicyclic amines) is 1. The fraction of sp³-hybridized carbons (Fsp3) is 0.619. The van der Waals surface area contributed by atoms with Crippen LogP contribution in [0, 0.1) is 5.92 Å². The third kappa shape index (κ3) is 5.16. The van der Waals surface area contributed by atoms with Gasteiger partial charge >= 0.3 is 0 Å². The SMILES string of the molecule is COc1ccc(C(=O)N2CCC(NC(=O)CCC3CCNC3)CC2)cc1OC. The number of nitrogens with zero attached hydrogens (tertiary/aromatic N) is 1. The molecule has 2 N–H and O–H groups in total. The number of benzene rings is 1. The van der Waals surface area contributed by atoms with Crippen molar-refractivity contribution < 1.29 is 19.1 Å². The van der Waals surface area contributed by atoms with Crippen molar-refractivity contribution in [2.75, 3.05) is 40.4 Å². The number of ether oxygens (including phenoxy) is 2. The number of amides is 2. The molecule has 1 unspecified atom stereocenters. The molecule has 7 nitrogen and oxygen atoms in total. The lowest BCUT2D eigenvalue weighted by Crippen LogP contribution is -2.46. The van der Waals surface area contributed by atoms with Crippen molar-refractivity contribution in [1.82, 2.24) is 15.5 Å². The Hall–Kier alpha value is -2.28. The number of nitrogens with one attached hydrogen (secondary N) is 2. The highest BCUT2D eigenvalue weighted by Gasteiger charge is 2.25. The van der Waals surface area contributed by atoms with Crippen molar-refractivity contribution >= 4 is 11.8 Å². The highest BCUT2D eigenvalue weighted by molar-refractivity contribution is 5.95. The van der Waals surface area contributed by atoms with Gasteiger partial charge in [0.05, 0.1) is 14.2 Å². The minimum atomic E-state index is -0.0144. The second kappa shape index (κ2) is 9.78. The quantitative estimate of drug-likeness (QED) is 0.744. The van der Waals surface area contributed by atoms with E-state index in [1.165, 1.54) is 6.42 Å². The van der Waals surface area contributed by atoms with Gasteiger partial charge < -0.3 is 25.0 Å². The van der Waals surface area contributed by atoms with E-state index in [4.69, 9.17) is 9.47 Å². The summed E-state index contributed by atoms with van der Waals surface area (Å²) in [4.78, 5) is 26.8. The maximum Gasteiger partial charge on any atom is 0.253 e. The van der Waals surface area contributed by atoms with Crippen LogP contribution in [-0.2, 0) is 4.79 Å². The molecule has 1 aromatic rings. The number of carbonyl (C=O) groups excluding carboxylic acids is 2. The van der Waals surface area contributed by atoms with Gasteiger partial charge in [-0.15, -0.1) is 0 Å². The smallest absolute Gasteiger partial charge is 0.253 e. The summed E-state index contributed by atoms with van der Waals surface area (Å²) < 4.78 is 10.5. The Labute approximate surface area is 166 Å². The van der Waals surface area contributed by atoms with E-state index in [1.807, 2.05) is 4.90 Å². The largest absolute Gasteiger partial charge is 0.493 e. The molecule has 2 amide bonds. The second-order valence-electron chi connectivity index (χ2n) is 7.60. The van der Waals surface area contributed by atoms with Crippen molar-refractivity contribution in [2.24, 2.45) is 5.92 Å². The van der Waals surface area contributed by atoms with E-state index in [0.29, 0.717) is 42.5 Å². The average molecular weight is 389 g/mol. The number of piperidine rings is 1. The summed E-state index contributed by atoms with van der Waals surface area (Å²) >= 11 is 0. The van der Waals surface area contributed by atoms with Crippen LogP contribution >= 0.6 is 0 Å². The third-order valence-electron chi connectivity index (χ3n) is 5.72. The number of carbonyl (C=O) groups is 2. The van der Waals surface area contributed by atoms with Crippen LogP contribution in [-0.4, -0.2) is 63.2 Å². The number of hydrogen-bond donors (Lipinski definition) is 2. The lowest BCUT2D eigenvalue weighted by Gasteiger charge is -2.32. The lowest BCUT2D eigenvalue weighted by molar-refractivity contribution is -0.122. The molecule has 0 saturated carbocycles. The molecule has 1 atom stereocenters. The molecule has 28 heavy (non-hydrogen) atoms. The summed E-state index contributed by atoms with van der Waals surface area (Å²) in [6, 6.07) is 5.38. The Morgan fingerprint density at radius 3 is 2.54 bits per heavy atom. The first-order chi connectivity index (χ1) is 13.6. The van der Waals surface area contributed by atoms with E-state index in [9.17, 15) is 9.59 Å². The van der Waals surface area contributed by atoms with Crippen molar-refractivity contribution in [3.8, 4) is 11.5 Å². The van der Waals surface area contributed by atoms with E-state index in [2.05, 4.69) is 10.6 Å². The van der Waals surface area contributed by atoms with Crippen LogP contribution in [0.25, 0.3) is 0 Å². The fourth-order valence-electron chi connectivity index (χ4n) is 3.97. The normalized spacial score (nSPS) is 20.1. The van der Waals surface area contributed by atoms with Crippen molar-refractivity contribution in [3.63, 3.8) is 0 Å². The molecule has 0 aliphatic carbocycles. The van der Waals surface area contributed by atoms with Gasteiger partial charge in [0, 0.05) is 31.1 Å². The van der Waals surface area contributed by atoms with Gasteiger partial charge in [-0.2, -0.15) is 0 Å². The first-order valence-corrected chi connectivity index (χ1v) is 10.1. The Bertz CT molecular complexity index is 680. The molecular formula is C21H31N3O4. The molecule has 7 heteroatoms. The number of hydrogen-bond acceptors (Lipinski definition) is 5. The minimum Gasteiger partial charge on any atom is -0.493 e. The molecule has 2 aliphatic heterocycles. The summed E-state index contributed by atoms with van der Waals surface area (Å²) in [5.74, 6) is 1.91. The molecule has 0 bridgehead atoms. The predicted octanol–water partition coefficient (Wildman–Crippen LogP) is 1.81. The first kappa shape index (κ1) is 20.5. The monoisotopic (exact) mass is 389 g/mol. The summed E-state index contributed by atoms with van der Waals surface area (Å²) in [7, 11) is 3.13. The van der Waals surface area contributed by atoms with Gasteiger partial charge in [0.2, 0.25) is 5.91 Å². The van der Waals surface area contributed by atoms with Crippen molar-refractivity contribution in [3.05, 3.63) is 23.8 Å². The second-order valence-corrected chi connectivity index (χ2v) is 7.60. The topological polar surface area (TPSA) is 79.9 Å². The maximum absolute atomic E-state index is 12.8. The molecule has 0 aromatic heterocycles. The van der Waals surface area contributed by atoms with E-state index in [0.717, 1.165) is 32.4 Å². The minimum absolute atomic E-state index is 0.0144. The standard InChI is InChI=1S/C21H31N3O4/c1-27-18-5-4-16(13-19(18)28-2)21(26)24-11-8-17(9-12-24)23-20(25)6-3-15-7-10-22-14-15/h4-5,13,15,17,22H,3,6-12,14H2,1-2H3,(H,23,25). The van der Waals surface area contributed by atoms with Gasteiger partial charge in [0.25, 0.3) is 5.91 Å². The molecular weight excluding hydrogens is 358 g/mol. The van der Waals surface area contributed by atoms with E-state index in [-0.39, 0.29) is 17.9 Å². The molecule has 154 valence electrons. The Morgan fingerprint density at radius 2 is 1.89 bits per heavy atom. The molecule has 3 rings (SSSR count). The Balaban J connectivity index is 1.45. The zero-order valence-corrected chi connectivity index (χ0v) is 16.8. The maximum atomic E-state index is 12.8. The lowest BCUT2D eigenvalue weighted by atomic mass is 10.0. The van der Waals surface area contributed by atoms with Crippen LogP contribution in [0.2, 0.25) is 0 Å². The fourth-order valence-corrected chi connectivity index (χ4v) is 3.97. The van der Waals surface area contributed by atoms with E-state index >= 15 is 0 Å². The van der Waals surface area contributed by atoms with Crippen LogP contribution in [0.1, 0.15) is 42.5 Å². The zero-order valence-electron chi connectivity index (χ0n) is 16.8. The predicted molar refractivity (Wildman–Crippen MR) is 107 cm³/mol. The van der Waals surface area contributed by atoms with Gasteiger partial charge in [-0.3, -0.25) is 9.59 Å². The van der Waals surface area contributed by atoms with E-state index in [1.54, 1.807) is 32.4 Å². The van der Waals surface area contributed by atoms with Gasteiger partial charge in [-0.25, -0.2) is 0 Å². The number of rotatable bonds is 7. The molecule has 2 heterocycles. The average Bonchev–Trinajstić information content (AvgIpc) is 3.25. The van der Waals surface area contributed by atoms with Crippen molar-refractivity contribution in [1.29, 1.82) is 0 Å². The zero-order chi connectivity index (χ0) is 19.9. The van der Waals surface area contributed by atoms with Crippen LogP contribution in [0.15, 0.2) is 18.2 Å². The molecule has 1 aromatic carbocycles. The molecule has 2 saturated heterocycles. The van der Waals surface area contributed by atoms with Gasteiger partial charge in [-0.1, -0.05) is 0 Å². The summed E-state index contributed by atoms with van der Waals surface area (Å²) in [6.45, 7) is 3.39. The van der Waals surface area contributed by atoms with Gasteiger partial charge in [-0.05, 0) is 62.9 Å². The van der Waals surface area contributed by atoms with Crippen LogP contribution < -0.4 is 20.1 Å². The van der Waals surface area contributed by atoms with Crippen LogP contribution in [0.3, 0.4) is 0 Å². The Morgan fingerprint density at radius 1 is 1.14 bits per heavy atom. The Kier molecular flexibility index (Phi) is 7.14. The summed E-state index contributed by atoms with van der Waals surface area (Å²) in [6.07, 6.45) is 4.29. The molecule has 2 aliphatic rings. The summed E-state index contributed by atoms with van der Waals surface area (Å²) in [5.41, 5.74) is 0.588. The number of methoxy groups -OCH3 is 2. The van der Waals surface area contributed by atoms with Crippen molar-refractivity contribution in [2.45, 2.75) is 38.1 Å². The van der Waals surface area contributed by atoms with Crippen LogP contribution in [0.4, 0.5) is 0 Å². The summed E-state index contributed by atoms with van der Waals surface area (Å²) in [5, 5.41) is 6.48. The molecule has 0 radical (unpaired) electrons. The highest BCUT2D eigenvalue weighted by atomic mass is 16.5. The third-order valence-corrected chi connectivity index (χ3v) is 5.72. The van der Waals surface area contributed by atoms with Gasteiger partial charge in [0.1, 0.15) is 0 Å². The van der Waals surface area contributed by atoms with Gasteiger partial charge in [0.15, 0.2) is 11.5 Å². The molecule has 0 spiro atoms. The van der Waals surface area contributed by atoms with Crippen LogP contribution in [0.5, 0.6) is 11.5 Å². The molecule has 2 fully saturated rings. The first-order valence-electron chi connectivity index (χ1n) is 10.1. The highest BCUT2D eigenvalue weighted by Crippen LogP contribution is 2.28.